The topological polar surface area (TPSA) is 0 Å². The van der Waals surface area contributed by atoms with E-state index in [1.807, 2.05) is 19.9 Å². The van der Waals surface area contributed by atoms with Gasteiger partial charge in [-0.05, 0) is 13.3 Å². The van der Waals surface area contributed by atoms with E-state index < -0.39 is 18.2 Å². The quantitative estimate of drug-likeness (QED) is 0.578. The fourth-order valence-electron chi connectivity index (χ4n) is 1.03. The second-order valence-corrected chi connectivity index (χ2v) is 3.31. The lowest BCUT2D eigenvalue weighted by molar-refractivity contribution is 0.0192. The molecule has 0 atom stereocenters. The summed E-state index contributed by atoms with van der Waals surface area (Å²) in [5, 5.41) is 0. The molecule has 0 amide bonds. The maximum absolute atomic E-state index is 12.7. The van der Waals surface area contributed by atoms with Crippen LogP contribution in [0.25, 0.3) is 0 Å². The molecule has 0 unspecified atom stereocenters. The minimum atomic E-state index is -3.44. The lowest BCUT2D eigenvalue weighted by Gasteiger charge is -2.11. The van der Waals surface area contributed by atoms with Crippen molar-refractivity contribution in [3.05, 3.63) is 36.0 Å². The normalized spacial score (nSPS) is 13.5. The van der Waals surface area contributed by atoms with Crippen LogP contribution in [-0.2, 0) is 0 Å². The first-order chi connectivity index (χ1) is 6.97. The van der Waals surface area contributed by atoms with Gasteiger partial charge in [0.15, 0.2) is 6.67 Å². The van der Waals surface area contributed by atoms with Crippen LogP contribution in [0.3, 0.4) is 0 Å². The fraction of sp³-hybridized carbons (Fsp3) is 0.500. The Morgan fingerprint density at radius 1 is 1.33 bits per heavy atom. The highest BCUT2D eigenvalue weighted by Gasteiger charge is 2.30. The molecule has 0 bridgehead atoms. The van der Waals surface area contributed by atoms with Gasteiger partial charge >= 0.3 is 0 Å². The third kappa shape index (κ3) is 4.86. The van der Waals surface area contributed by atoms with Crippen LogP contribution >= 0.6 is 0 Å². The lowest BCUT2D eigenvalue weighted by atomic mass is 10.1. The van der Waals surface area contributed by atoms with E-state index in [1.165, 1.54) is 6.08 Å². The molecule has 0 aromatic carbocycles. The monoisotopic (exact) mass is 218 g/mol. The van der Waals surface area contributed by atoms with Crippen molar-refractivity contribution in [2.24, 2.45) is 0 Å². The van der Waals surface area contributed by atoms with Gasteiger partial charge in [0.1, 0.15) is 0 Å². The molecule has 0 rings (SSSR count). The first-order valence-corrected chi connectivity index (χ1v) is 4.94. The molecule has 0 N–H and O–H groups in total. The van der Waals surface area contributed by atoms with Crippen LogP contribution in [0.5, 0.6) is 0 Å². The Morgan fingerprint density at radius 2 is 1.93 bits per heavy atom. The van der Waals surface area contributed by atoms with Gasteiger partial charge in [-0.1, -0.05) is 43.7 Å². The highest BCUT2D eigenvalue weighted by atomic mass is 19.3. The Hall–Kier alpha value is -0.990. The van der Waals surface area contributed by atoms with E-state index in [4.69, 9.17) is 0 Å². The van der Waals surface area contributed by atoms with Crippen molar-refractivity contribution in [1.82, 2.24) is 0 Å². The van der Waals surface area contributed by atoms with Crippen molar-refractivity contribution >= 4 is 0 Å². The molecule has 0 radical (unpaired) electrons. The molecule has 15 heavy (non-hydrogen) atoms. The van der Waals surface area contributed by atoms with Crippen molar-refractivity contribution < 1.29 is 13.2 Å². The summed E-state index contributed by atoms with van der Waals surface area (Å²) in [6.07, 6.45) is 6.36. The Kier molecular flexibility index (Phi) is 6.06. The smallest absolute Gasteiger partial charge is 0.244 e. The van der Waals surface area contributed by atoms with Gasteiger partial charge in [0.05, 0.1) is 0 Å². The van der Waals surface area contributed by atoms with Crippen LogP contribution in [0, 0.1) is 0 Å². The van der Waals surface area contributed by atoms with Gasteiger partial charge in [-0.3, -0.25) is 0 Å². The molecular formula is C12H17F3. The molecule has 0 aromatic rings. The summed E-state index contributed by atoms with van der Waals surface area (Å²) in [5.74, 6) is -3.44. The fourth-order valence-corrected chi connectivity index (χ4v) is 1.03. The Bertz CT molecular complexity index is 262. The third-order valence-corrected chi connectivity index (χ3v) is 2.05. The van der Waals surface area contributed by atoms with Crippen molar-refractivity contribution in [3.8, 4) is 0 Å². The molecular weight excluding hydrogens is 201 g/mol. The highest BCUT2D eigenvalue weighted by molar-refractivity contribution is 5.29. The standard InChI is InChI=1S/C12H17F3/c1-4-6-11(5-2)8-7-10(3)12(14,15)9-13/h5,7-8H,3-4,6,9H2,1-2H3/b8-7-,11-5-. The van der Waals surface area contributed by atoms with Gasteiger partial charge in [-0.2, -0.15) is 8.78 Å². The van der Waals surface area contributed by atoms with Gasteiger partial charge in [0.2, 0.25) is 0 Å². The number of hydrogen-bond donors (Lipinski definition) is 0. The minimum Gasteiger partial charge on any atom is -0.244 e. The van der Waals surface area contributed by atoms with E-state index in [0.717, 1.165) is 18.4 Å². The maximum atomic E-state index is 12.7. The minimum absolute atomic E-state index is 0.486. The van der Waals surface area contributed by atoms with Crippen molar-refractivity contribution in [3.63, 3.8) is 0 Å². The molecule has 0 nitrogen and oxygen atoms in total. The van der Waals surface area contributed by atoms with E-state index in [2.05, 4.69) is 6.58 Å². The molecule has 0 aliphatic heterocycles. The summed E-state index contributed by atoms with van der Waals surface area (Å²) in [6.45, 7) is 5.30. The predicted octanol–water partition coefficient (Wildman–Crippen LogP) is 4.45. The number of alkyl halides is 3. The maximum Gasteiger partial charge on any atom is 0.300 e. The van der Waals surface area contributed by atoms with Crippen LogP contribution in [-0.4, -0.2) is 12.6 Å². The Balaban J connectivity index is 4.46. The SMILES string of the molecule is C=C(/C=C\C(=C/C)CCC)C(F)(F)CF. The number of rotatable bonds is 6. The first kappa shape index (κ1) is 14.0. The van der Waals surface area contributed by atoms with E-state index in [0.29, 0.717) is 0 Å². The van der Waals surface area contributed by atoms with Gasteiger partial charge in [-0.25, -0.2) is 4.39 Å². The lowest BCUT2D eigenvalue weighted by Crippen LogP contribution is -2.19. The van der Waals surface area contributed by atoms with Crippen LogP contribution in [0.1, 0.15) is 26.7 Å². The molecule has 86 valence electrons. The van der Waals surface area contributed by atoms with Crippen LogP contribution in [0.2, 0.25) is 0 Å². The largest absolute Gasteiger partial charge is 0.300 e. The van der Waals surface area contributed by atoms with E-state index in [9.17, 15) is 13.2 Å². The number of allylic oxidation sites excluding steroid dienone is 5. The summed E-state index contributed by atoms with van der Waals surface area (Å²) in [6, 6.07) is 0. The average Bonchev–Trinajstić information content (AvgIpc) is 2.23. The van der Waals surface area contributed by atoms with Gasteiger partial charge < -0.3 is 0 Å². The first-order valence-electron chi connectivity index (χ1n) is 4.94. The molecule has 0 aromatic heterocycles. The van der Waals surface area contributed by atoms with E-state index >= 15 is 0 Å². The predicted molar refractivity (Wildman–Crippen MR) is 57.9 cm³/mol. The summed E-state index contributed by atoms with van der Waals surface area (Å²) < 4.78 is 37.4. The van der Waals surface area contributed by atoms with Crippen molar-refractivity contribution in [1.29, 1.82) is 0 Å². The molecule has 0 spiro atoms. The van der Waals surface area contributed by atoms with Crippen LogP contribution in [0.15, 0.2) is 36.0 Å². The molecule has 0 heterocycles. The third-order valence-electron chi connectivity index (χ3n) is 2.05. The van der Waals surface area contributed by atoms with Gasteiger partial charge in [0, 0.05) is 5.57 Å². The average molecular weight is 218 g/mol. The summed E-state index contributed by atoms with van der Waals surface area (Å²) in [7, 11) is 0. The van der Waals surface area contributed by atoms with Crippen LogP contribution < -0.4 is 0 Å². The summed E-state index contributed by atoms with van der Waals surface area (Å²) in [5.41, 5.74) is 0.466. The molecule has 0 saturated heterocycles. The highest BCUT2D eigenvalue weighted by Crippen LogP contribution is 2.24. The summed E-state index contributed by atoms with van der Waals surface area (Å²) in [4.78, 5) is 0. The second-order valence-electron chi connectivity index (χ2n) is 3.31. The number of halogens is 3. The van der Waals surface area contributed by atoms with Crippen molar-refractivity contribution in [2.45, 2.75) is 32.6 Å². The second kappa shape index (κ2) is 6.49. The summed E-state index contributed by atoms with van der Waals surface area (Å²) >= 11 is 0. The molecule has 0 aliphatic carbocycles. The zero-order chi connectivity index (χ0) is 11.9. The van der Waals surface area contributed by atoms with E-state index in [1.54, 1.807) is 6.08 Å². The van der Waals surface area contributed by atoms with Crippen LogP contribution in [0.4, 0.5) is 13.2 Å². The van der Waals surface area contributed by atoms with E-state index in [-0.39, 0.29) is 0 Å². The van der Waals surface area contributed by atoms with Gasteiger partial charge in [0.25, 0.3) is 5.92 Å². The zero-order valence-electron chi connectivity index (χ0n) is 9.19. The molecule has 0 fully saturated rings. The Morgan fingerprint density at radius 3 is 2.33 bits per heavy atom. The molecule has 3 heteroatoms. The van der Waals surface area contributed by atoms with Gasteiger partial charge in [-0.15, -0.1) is 0 Å². The van der Waals surface area contributed by atoms with Crippen molar-refractivity contribution in [2.75, 3.05) is 6.67 Å². The molecule has 0 aliphatic rings. The molecule has 0 saturated carbocycles. The number of hydrogen-bond acceptors (Lipinski definition) is 0. The Labute approximate surface area is 89.2 Å². The zero-order valence-corrected chi connectivity index (χ0v) is 9.19.